The van der Waals surface area contributed by atoms with E-state index in [1.807, 2.05) is 60.7 Å². The van der Waals surface area contributed by atoms with Gasteiger partial charge in [-0.3, -0.25) is 0 Å². The molecule has 0 aliphatic rings. The summed E-state index contributed by atoms with van der Waals surface area (Å²) >= 11 is 6.08. The van der Waals surface area contributed by atoms with E-state index in [9.17, 15) is 5.26 Å². The quantitative estimate of drug-likeness (QED) is 0.266. The van der Waals surface area contributed by atoms with Crippen LogP contribution in [0.15, 0.2) is 91.0 Å². The van der Waals surface area contributed by atoms with Crippen LogP contribution in [-0.4, -0.2) is 0 Å². The third-order valence-corrected chi connectivity index (χ3v) is 4.97. The van der Waals surface area contributed by atoms with Crippen molar-refractivity contribution >= 4 is 34.0 Å². The number of benzene rings is 4. The van der Waals surface area contributed by atoms with Crippen LogP contribution in [0, 0.1) is 11.3 Å². The summed E-state index contributed by atoms with van der Waals surface area (Å²) in [5.41, 5.74) is 3.29. The first-order valence-corrected chi connectivity index (χ1v) is 9.68. The Kier molecular flexibility index (Phi) is 5.61. The van der Waals surface area contributed by atoms with Crippen molar-refractivity contribution in [2.24, 2.45) is 0 Å². The predicted molar refractivity (Wildman–Crippen MR) is 120 cm³/mol. The molecule has 0 radical (unpaired) electrons. The Balaban J connectivity index is 1.64. The molecule has 0 saturated heterocycles. The summed E-state index contributed by atoms with van der Waals surface area (Å²) in [6.45, 7) is 0.450. The summed E-state index contributed by atoms with van der Waals surface area (Å²) < 4.78 is 6.16. The fraction of sp³-hybridized carbons (Fsp3) is 0.0385. The number of hydrogen-bond acceptors (Lipinski definition) is 2. The smallest absolute Gasteiger partial charge is 0.127 e. The van der Waals surface area contributed by atoms with Gasteiger partial charge in [-0.15, -0.1) is 0 Å². The van der Waals surface area contributed by atoms with Gasteiger partial charge < -0.3 is 4.74 Å². The van der Waals surface area contributed by atoms with Gasteiger partial charge in [0, 0.05) is 10.6 Å². The molecule has 0 atom stereocenters. The normalized spacial score (nSPS) is 11.2. The van der Waals surface area contributed by atoms with Gasteiger partial charge in [-0.05, 0) is 46.2 Å². The lowest BCUT2D eigenvalue weighted by Gasteiger charge is -2.12. The van der Waals surface area contributed by atoms with E-state index in [2.05, 4.69) is 30.3 Å². The molecule has 4 aromatic rings. The largest absolute Gasteiger partial charge is 0.488 e. The van der Waals surface area contributed by atoms with Gasteiger partial charge >= 0.3 is 0 Å². The number of nitriles is 1. The van der Waals surface area contributed by atoms with Gasteiger partial charge in [-0.2, -0.15) is 5.26 Å². The van der Waals surface area contributed by atoms with Crippen molar-refractivity contribution in [2.75, 3.05) is 0 Å². The van der Waals surface area contributed by atoms with Crippen LogP contribution in [0.4, 0.5) is 0 Å². The van der Waals surface area contributed by atoms with Crippen molar-refractivity contribution in [2.45, 2.75) is 6.61 Å². The SMILES string of the molecule is N#C/C(=C/c1ccccc1OCc1cccc2ccccc12)c1cccc(Cl)c1. The van der Waals surface area contributed by atoms with Crippen LogP contribution in [0.3, 0.4) is 0 Å². The van der Waals surface area contributed by atoms with E-state index in [1.165, 1.54) is 10.8 Å². The number of rotatable bonds is 5. The first kappa shape index (κ1) is 18.8. The van der Waals surface area contributed by atoms with E-state index < -0.39 is 0 Å². The molecule has 0 aliphatic heterocycles. The molecule has 140 valence electrons. The number of allylic oxidation sites excluding steroid dienone is 1. The number of para-hydroxylation sites is 1. The zero-order chi connectivity index (χ0) is 20.1. The predicted octanol–water partition coefficient (Wildman–Crippen LogP) is 7.14. The molecule has 4 aromatic carbocycles. The second kappa shape index (κ2) is 8.65. The fourth-order valence-corrected chi connectivity index (χ4v) is 3.49. The van der Waals surface area contributed by atoms with Crippen molar-refractivity contribution in [3.8, 4) is 11.8 Å². The number of ether oxygens (including phenoxy) is 1. The summed E-state index contributed by atoms with van der Waals surface area (Å²) in [6, 6.07) is 31.8. The lowest BCUT2D eigenvalue weighted by Crippen LogP contribution is -1.98. The Hall–Kier alpha value is -3.54. The lowest BCUT2D eigenvalue weighted by atomic mass is 10.0. The van der Waals surface area contributed by atoms with E-state index in [4.69, 9.17) is 16.3 Å². The van der Waals surface area contributed by atoms with E-state index in [-0.39, 0.29) is 0 Å². The van der Waals surface area contributed by atoms with Gasteiger partial charge in [0.1, 0.15) is 12.4 Å². The lowest BCUT2D eigenvalue weighted by molar-refractivity contribution is 0.307. The second-order valence-corrected chi connectivity index (χ2v) is 7.08. The minimum absolute atomic E-state index is 0.450. The average Bonchev–Trinajstić information content (AvgIpc) is 2.76. The third-order valence-electron chi connectivity index (χ3n) is 4.74. The summed E-state index contributed by atoms with van der Waals surface area (Å²) in [5, 5.41) is 12.6. The van der Waals surface area contributed by atoms with Crippen LogP contribution in [0.5, 0.6) is 5.75 Å². The minimum atomic E-state index is 0.450. The van der Waals surface area contributed by atoms with Crippen LogP contribution in [0.2, 0.25) is 5.02 Å². The summed E-state index contributed by atoms with van der Waals surface area (Å²) in [6.07, 6.45) is 1.84. The Morgan fingerprint density at radius 2 is 1.66 bits per heavy atom. The molecule has 0 aliphatic carbocycles. The van der Waals surface area contributed by atoms with E-state index in [1.54, 1.807) is 12.1 Å². The highest BCUT2D eigenvalue weighted by Gasteiger charge is 2.07. The Bertz CT molecular complexity index is 1230. The van der Waals surface area contributed by atoms with Gasteiger partial charge in [0.2, 0.25) is 0 Å². The molecular formula is C26H18ClNO. The van der Waals surface area contributed by atoms with E-state index in [0.717, 1.165) is 22.4 Å². The first-order valence-electron chi connectivity index (χ1n) is 9.31. The molecule has 0 fully saturated rings. The van der Waals surface area contributed by atoms with Crippen LogP contribution < -0.4 is 4.74 Å². The van der Waals surface area contributed by atoms with Crippen molar-refractivity contribution in [1.82, 2.24) is 0 Å². The second-order valence-electron chi connectivity index (χ2n) is 6.64. The van der Waals surface area contributed by atoms with Crippen molar-refractivity contribution in [3.05, 3.63) is 113 Å². The molecular weight excluding hydrogens is 378 g/mol. The van der Waals surface area contributed by atoms with Gasteiger partial charge in [-0.1, -0.05) is 84.4 Å². The molecule has 2 nitrogen and oxygen atoms in total. The fourth-order valence-electron chi connectivity index (χ4n) is 3.30. The van der Waals surface area contributed by atoms with Crippen LogP contribution in [0.25, 0.3) is 22.4 Å². The molecule has 0 bridgehead atoms. The summed E-state index contributed by atoms with van der Waals surface area (Å²) in [4.78, 5) is 0. The summed E-state index contributed by atoms with van der Waals surface area (Å²) in [5.74, 6) is 0.732. The number of nitrogens with zero attached hydrogens (tertiary/aromatic N) is 1. The third kappa shape index (κ3) is 4.32. The average molecular weight is 396 g/mol. The molecule has 3 heteroatoms. The number of hydrogen-bond donors (Lipinski definition) is 0. The Morgan fingerprint density at radius 3 is 2.52 bits per heavy atom. The summed E-state index contributed by atoms with van der Waals surface area (Å²) in [7, 11) is 0. The standard InChI is InChI=1S/C26H18ClNO/c27-24-12-6-10-20(16-24)23(17-28)15-21-8-2-4-14-26(21)29-18-22-11-5-9-19-7-1-3-13-25(19)22/h1-16H,18H2/b23-15-. The van der Waals surface area contributed by atoms with Gasteiger partial charge in [0.15, 0.2) is 0 Å². The van der Waals surface area contributed by atoms with Crippen LogP contribution in [-0.2, 0) is 6.61 Å². The monoisotopic (exact) mass is 395 g/mol. The van der Waals surface area contributed by atoms with Crippen molar-refractivity contribution in [3.63, 3.8) is 0 Å². The van der Waals surface area contributed by atoms with Crippen molar-refractivity contribution < 1.29 is 4.74 Å². The van der Waals surface area contributed by atoms with Crippen molar-refractivity contribution in [1.29, 1.82) is 5.26 Å². The molecule has 0 amide bonds. The highest BCUT2D eigenvalue weighted by atomic mass is 35.5. The highest BCUT2D eigenvalue weighted by Crippen LogP contribution is 2.27. The van der Waals surface area contributed by atoms with Crippen LogP contribution in [0.1, 0.15) is 16.7 Å². The molecule has 0 heterocycles. The molecule has 0 N–H and O–H groups in total. The Morgan fingerprint density at radius 1 is 0.897 bits per heavy atom. The number of fused-ring (bicyclic) bond motifs is 1. The number of halogens is 1. The van der Waals surface area contributed by atoms with E-state index >= 15 is 0 Å². The first-order chi connectivity index (χ1) is 14.2. The minimum Gasteiger partial charge on any atom is -0.488 e. The molecule has 4 rings (SSSR count). The van der Waals surface area contributed by atoms with Gasteiger partial charge in [-0.25, -0.2) is 0 Å². The van der Waals surface area contributed by atoms with Gasteiger partial charge in [0.25, 0.3) is 0 Å². The maximum atomic E-state index is 9.65. The maximum Gasteiger partial charge on any atom is 0.127 e. The zero-order valence-electron chi connectivity index (χ0n) is 15.7. The Labute approximate surface area is 175 Å². The zero-order valence-corrected chi connectivity index (χ0v) is 16.4. The van der Waals surface area contributed by atoms with E-state index in [0.29, 0.717) is 17.2 Å². The van der Waals surface area contributed by atoms with Crippen LogP contribution >= 0.6 is 11.6 Å². The molecule has 0 aromatic heterocycles. The molecule has 0 unspecified atom stereocenters. The topological polar surface area (TPSA) is 33.0 Å². The molecule has 0 saturated carbocycles. The molecule has 29 heavy (non-hydrogen) atoms. The van der Waals surface area contributed by atoms with Gasteiger partial charge in [0.05, 0.1) is 11.6 Å². The maximum absolute atomic E-state index is 9.65. The molecule has 0 spiro atoms. The highest BCUT2D eigenvalue weighted by molar-refractivity contribution is 6.30.